The average Bonchev–Trinajstić information content (AvgIpc) is 3.04. The second kappa shape index (κ2) is 7.75. The smallest absolute Gasteiger partial charge is 0.226 e. The van der Waals surface area contributed by atoms with Gasteiger partial charge in [-0.1, -0.05) is 6.42 Å². The highest BCUT2D eigenvalue weighted by molar-refractivity contribution is 5.80. The molecule has 0 radical (unpaired) electrons. The van der Waals surface area contributed by atoms with E-state index >= 15 is 0 Å². The molecule has 1 unspecified atom stereocenters. The fourth-order valence-electron chi connectivity index (χ4n) is 4.42. The summed E-state index contributed by atoms with van der Waals surface area (Å²) in [5.74, 6) is 1.000. The molecule has 1 saturated carbocycles. The molecule has 2 saturated heterocycles. The lowest BCUT2D eigenvalue weighted by atomic mass is 9.92. The Kier molecular flexibility index (Phi) is 5.71. The van der Waals surface area contributed by atoms with Crippen molar-refractivity contribution in [1.29, 1.82) is 0 Å². The Morgan fingerprint density at radius 1 is 1.05 bits per heavy atom. The molecule has 2 aliphatic heterocycles. The molecule has 0 aromatic carbocycles. The number of likely N-dealkylation sites (tertiary alicyclic amines) is 1. The second-order valence-electron chi connectivity index (χ2n) is 7.13. The summed E-state index contributed by atoms with van der Waals surface area (Å²) in [4.78, 5) is 17.7. The zero-order valence-corrected chi connectivity index (χ0v) is 13.7. The van der Waals surface area contributed by atoms with E-state index in [-0.39, 0.29) is 5.92 Å². The van der Waals surface area contributed by atoms with Crippen LogP contribution in [-0.4, -0.2) is 67.7 Å². The van der Waals surface area contributed by atoms with Crippen LogP contribution in [-0.2, 0) is 9.53 Å². The summed E-state index contributed by atoms with van der Waals surface area (Å²) in [7, 11) is 0. The molecular weight excluding hydrogens is 278 g/mol. The molecule has 1 aliphatic carbocycles. The molecule has 2 heterocycles. The first-order valence-electron chi connectivity index (χ1n) is 9.10. The molecular formula is C17H31N3O2. The Labute approximate surface area is 134 Å². The third-order valence-electron chi connectivity index (χ3n) is 5.76. The molecule has 0 aromatic heterocycles. The van der Waals surface area contributed by atoms with Gasteiger partial charge in [0.2, 0.25) is 5.91 Å². The first kappa shape index (κ1) is 16.2. The van der Waals surface area contributed by atoms with Crippen LogP contribution in [0.4, 0.5) is 0 Å². The van der Waals surface area contributed by atoms with Crippen molar-refractivity contribution in [2.45, 2.75) is 44.6 Å². The lowest BCUT2D eigenvalue weighted by Gasteiger charge is -2.41. The van der Waals surface area contributed by atoms with Crippen molar-refractivity contribution in [1.82, 2.24) is 9.80 Å². The topological polar surface area (TPSA) is 58.8 Å². The minimum Gasteiger partial charge on any atom is -0.379 e. The largest absolute Gasteiger partial charge is 0.379 e. The van der Waals surface area contributed by atoms with Gasteiger partial charge >= 0.3 is 0 Å². The van der Waals surface area contributed by atoms with Gasteiger partial charge in [0.15, 0.2) is 0 Å². The fraction of sp³-hybridized carbons (Fsp3) is 0.941. The Hall–Kier alpha value is -0.650. The summed E-state index contributed by atoms with van der Waals surface area (Å²) < 4.78 is 5.44. The van der Waals surface area contributed by atoms with Crippen molar-refractivity contribution in [3.8, 4) is 0 Å². The third-order valence-corrected chi connectivity index (χ3v) is 5.76. The maximum atomic E-state index is 13.0. The highest BCUT2D eigenvalue weighted by Crippen LogP contribution is 2.34. The Morgan fingerprint density at radius 2 is 1.86 bits per heavy atom. The van der Waals surface area contributed by atoms with Gasteiger partial charge in [-0.05, 0) is 44.6 Å². The van der Waals surface area contributed by atoms with E-state index in [2.05, 4.69) is 9.80 Å². The minimum atomic E-state index is 0.190. The summed E-state index contributed by atoms with van der Waals surface area (Å²) in [6, 6.07) is 0.401. The van der Waals surface area contributed by atoms with Gasteiger partial charge in [-0.15, -0.1) is 0 Å². The van der Waals surface area contributed by atoms with Crippen LogP contribution in [0.25, 0.3) is 0 Å². The zero-order chi connectivity index (χ0) is 15.4. The van der Waals surface area contributed by atoms with Gasteiger partial charge in [-0.2, -0.15) is 0 Å². The van der Waals surface area contributed by atoms with E-state index in [0.29, 0.717) is 24.4 Å². The van der Waals surface area contributed by atoms with Crippen LogP contribution in [0.5, 0.6) is 0 Å². The summed E-state index contributed by atoms with van der Waals surface area (Å²) in [6.07, 6.45) is 6.91. The molecule has 0 spiro atoms. The SMILES string of the molecule is NC[C@H]1CCC[C@H]1C(=O)N1CCCCC1CN1CCOCC1. The third kappa shape index (κ3) is 3.63. The molecule has 3 rings (SSSR count). The maximum absolute atomic E-state index is 13.0. The number of morpholine rings is 1. The average molecular weight is 309 g/mol. The highest BCUT2D eigenvalue weighted by atomic mass is 16.5. The molecule has 3 fully saturated rings. The standard InChI is InChI=1S/C17H31N3O2/c18-12-14-4-3-6-16(14)17(21)20-7-2-1-5-15(20)13-19-8-10-22-11-9-19/h14-16H,1-13,18H2/t14-,15?,16-/m1/s1. The molecule has 3 atom stereocenters. The van der Waals surface area contributed by atoms with Crippen molar-refractivity contribution >= 4 is 5.91 Å². The fourth-order valence-corrected chi connectivity index (χ4v) is 4.42. The predicted octanol–water partition coefficient (Wildman–Crippen LogP) is 1.07. The lowest BCUT2D eigenvalue weighted by molar-refractivity contribution is -0.141. The van der Waals surface area contributed by atoms with Crippen LogP contribution in [0, 0.1) is 11.8 Å². The molecule has 2 N–H and O–H groups in total. The first-order chi connectivity index (χ1) is 10.8. The maximum Gasteiger partial charge on any atom is 0.226 e. The molecule has 22 heavy (non-hydrogen) atoms. The molecule has 0 bridgehead atoms. The van der Waals surface area contributed by atoms with Crippen LogP contribution >= 0.6 is 0 Å². The number of carbonyl (C=O) groups excluding carboxylic acids is 1. The van der Waals surface area contributed by atoms with Gasteiger partial charge in [-0.3, -0.25) is 9.69 Å². The van der Waals surface area contributed by atoms with Gasteiger partial charge in [0.25, 0.3) is 0 Å². The predicted molar refractivity (Wildman–Crippen MR) is 86.5 cm³/mol. The number of amides is 1. The van der Waals surface area contributed by atoms with Crippen LogP contribution in [0.2, 0.25) is 0 Å². The number of rotatable bonds is 4. The number of nitrogens with two attached hydrogens (primary N) is 1. The number of ether oxygens (including phenoxy) is 1. The summed E-state index contributed by atoms with van der Waals surface area (Å²) in [6.45, 7) is 6.31. The van der Waals surface area contributed by atoms with Gasteiger partial charge in [-0.25, -0.2) is 0 Å². The molecule has 0 aromatic rings. The van der Waals surface area contributed by atoms with Gasteiger partial charge < -0.3 is 15.4 Å². The van der Waals surface area contributed by atoms with E-state index in [0.717, 1.165) is 65.1 Å². The normalized spacial score (nSPS) is 34.0. The van der Waals surface area contributed by atoms with Gasteiger partial charge in [0.05, 0.1) is 13.2 Å². The van der Waals surface area contributed by atoms with Crippen molar-refractivity contribution in [3.63, 3.8) is 0 Å². The molecule has 126 valence electrons. The van der Waals surface area contributed by atoms with E-state index in [1.807, 2.05) is 0 Å². The second-order valence-corrected chi connectivity index (χ2v) is 7.13. The van der Waals surface area contributed by atoms with E-state index in [9.17, 15) is 4.79 Å². The van der Waals surface area contributed by atoms with Crippen LogP contribution in [0.3, 0.4) is 0 Å². The minimum absolute atomic E-state index is 0.190. The quantitative estimate of drug-likeness (QED) is 0.844. The van der Waals surface area contributed by atoms with E-state index in [1.54, 1.807) is 0 Å². The highest BCUT2D eigenvalue weighted by Gasteiger charge is 2.38. The summed E-state index contributed by atoms with van der Waals surface area (Å²) >= 11 is 0. The molecule has 5 nitrogen and oxygen atoms in total. The number of hydrogen-bond donors (Lipinski definition) is 1. The number of piperidine rings is 1. The van der Waals surface area contributed by atoms with Crippen LogP contribution in [0.1, 0.15) is 38.5 Å². The van der Waals surface area contributed by atoms with Crippen molar-refractivity contribution in [2.75, 3.05) is 45.9 Å². The number of hydrogen-bond acceptors (Lipinski definition) is 4. The van der Waals surface area contributed by atoms with Crippen molar-refractivity contribution < 1.29 is 9.53 Å². The molecule has 1 amide bonds. The monoisotopic (exact) mass is 309 g/mol. The van der Waals surface area contributed by atoms with E-state index in [1.165, 1.54) is 12.8 Å². The Bertz CT molecular complexity index is 371. The van der Waals surface area contributed by atoms with Crippen LogP contribution < -0.4 is 5.73 Å². The van der Waals surface area contributed by atoms with Crippen molar-refractivity contribution in [2.24, 2.45) is 17.6 Å². The Balaban J connectivity index is 1.62. The first-order valence-corrected chi connectivity index (χ1v) is 9.10. The number of carbonyl (C=O) groups is 1. The lowest BCUT2D eigenvalue weighted by Crippen LogP contribution is -2.53. The number of nitrogens with zero attached hydrogens (tertiary/aromatic N) is 2. The Morgan fingerprint density at radius 3 is 2.64 bits per heavy atom. The van der Waals surface area contributed by atoms with Crippen LogP contribution in [0.15, 0.2) is 0 Å². The van der Waals surface area contributed by atoms with Crippen molar-refractivity contribution in [3.05, 3.63) is 0 Å². The zero-order valence-electron chi connectivity index (χ0n) is 13.7. The van der Waals surface area contributed by atoms with E-state index < -0.39 is 0 Å². The summed E-state index contributed by atoms with van der Waals surface area (Å²) in [5.41, 5.74) is 5.88. The molecule has 5 heteroatoms. The summed E-state index contributed by atoms with van der Waals surface area (Å²) in [5, 5.41) is 0. The van der Waals surface area contributed by atoms with E-state index in [4.69, 9.17) is 10.5 Å². The van der Waals surface area contributed by atoms with Gasteiger partial charge in [0.1, 0.15) is 0 Å². The molecule has 3 aliphatic rings. The van der Waals surface area contributed by atoms with Gasteiger partial charge in [0, 0.05) is 38.1 Å².